The zero-order valence-electron chi connectivity index (χ0n) is 15.8. The first kappa shape index (κ1) is 20.8. The van der Waals surface area contributed by atoms with Crippen molar-refractivity contribution in [2.24, 2.45) is 11.5 Å². The molecule has 0 saturated carbocycles. The van der Waals surface area contributed by atoms with Gasteiger partial charge in [0.05, 0.1) is 17.3 Å². The van der Waals surface area contributed by atoms with Crippen molar-refractivity contribution >= 4 is 23.4 Å². The predicted octanol–water partition coefficient (Wildman–Crippen LogP) is 2.83. The molecular weight excluding hydrogens is 404 g/mol. The number of nitriles is 1. The lowest BCUT2D eigenvalue weighted by molar-refractivity contribution is -0.119. The molecule has 0 aliphatic heterocycles. The van der Waals surface area contributed by atoms with Gasteiger partial charge in [-0.05, 0) is 47.5 Å². The third-order valence-corrected chi connectivity index (χ3v) is 4.69. The third-order valence-electron chi connectivity index (χ3n) is 4.36. The summed E-state index contributed by atoms with van der Waals surface area (Å²) in [6, 6.07) is 15.5. The fourth-order valence-electron chi connectivity index (χ4n) is 2.96. The first-order valence-electron chi connectivity index (χ1n) is 8.86. The fourth-order valence-corrected chi connectivity index (χ4v) is 3.25. The van der Waals surface area contributed by atoms with E-state index in [1.165, 1.54) is 6.07 Å². The number of ether oxygens (including phenoxy) is 1. The maximum absolute atomic E-state index is 12.2. The number of amides is 2. The van der Waals surface area contributed by atoms with Gasteiger partial charge in [-0.2, -0.15) is 5.26 Å². The Kier molecular flexibility index (Phi) is 6.30. The largest absolute Gasteiger partial charge is 0.483 e. The van der Waals surface area contributed by atoms with Crippen molar-refractivity contribution in [3.05, 3.63) is 82.0 Å². The van der Waals surface area contributed by atoms with Crippen LogP contribution in [0.3, 0.4) is 0 Å². The summed E-state index contributed by atoms with van der Waals surface area (Å²) in [4.78, 5) is 27.5. The Labute approximate surface area is 177 Å². The average Bonchev–Trinajstić information content (AvgIpc) is 2.74. The number of rotatable bonds is 7. The van der Waals surface area contributed by atoms with E-state index in [2.05, 4.69) is 4.98 Å². The molecule has 0 fully saturated rings. The van der Waals surface area contributed by atoms with E-state index in [0.717, 1.165) is 0 Å². The minimum Gasteiger partial charge on any atom is -0.483 e. The molecule has 30 heavy (non-hydrogen) atoms. The lowest BCUT2D eigenvalue weighted by atomic mass is 9.95. The summed E-state index contributed by atoms with van der Waals surface area (Å²) in [6.45, 7) is -0.350. The number of carbonyl (C=O) groups excluding carboxylic acids is 2. The number of nitrogens with zero attached hydrogens (tertiary/aromatic N) is 2. The van der Waals surface area contributed by atoms with Crippen molar-refractivity contribution in [1.29, 1.82) is 5.26 Å². The highest BCUT2D eigenvalue weighted by Gasteiger charge is 2.18. The van der Waals surface area contributed by atoms with E-state index >= 15 is 0 Å². The molecule has 0 aliphatic rings. The van der Waals surface area contributed by atoms with E-state index in [-0.39, 0.29) is 18.6 Å². The van der Waals surface area contributed by atoms with Gasteiger partial charge >= 0.3 is 0 Å². The Balaban J connectivity index is 2.05. The number of pyridine rings is 1. The number of hydrogen-bond acceptors (Lipinski definition) is 5. The highest BCUT2D eigenvalue weighted by molar-refractivity contribution is 6.32. The van der Waals surface area contributed by atoms with Crippen LogP contribution in [-0.4, -0.2) is 23.4 Å². The van der Waals surface area contributed by atoms with E-state index < -0.39 is 11.8 Å². The maximum atomic E-state index is 12.2. The van der Waals surface area contributed by atoms with Crippen molar-refractivity contribution in [2.45, 2.75) is 6.42 Å². The molecule has 4 N–H and O–H groups in total. The molecular formula is C22H17ClN4O3. The normalized spacial score (nSPS) is 10.3. The number of primary amides is 2. The number of halogens is 1. The monoisotopic (exact) mass is 420 g/mol. The van der Waals surface area contributed by atoms with Crippen molar-refractivity contribution in [3.63, 3.8) is 0 Å². The summed E-state index contributed by atoms with van der Waals surface area (Å²) in [7, 11) is 0. The maximum Gasteiger partial charge on any atom is 0.255 e. The first-order chi connectivity index (χ1) is 14.4. The van der Waals surface area contributed by atoms with Crippen LogP contribution >= 0.6 is 11.6 Å². The highest BCUT2D eigenvalue weighted by atomic mass is 35.5. The van der Waals surface area contributed by atoms with Crippen LogP contribution in [0.1, 0.15) is 27.0 Å². The molecule has 1 heterocycles. The summed E-state index contributed by atoms with van der Waals surface area (Å²) in [5.74, 6) is -0.995. The van der Waals surface area contributed by atoms with Crippen molar-refractivity contribution in [2.75, 3.05) is 6.61 Å². The second-order valence-electron chi connectivity index (χ2n) is 6.43. The lowest BCUT2D eigenvalue weighted by Crippen LogP contribution is -2.20. The Morgan fingerprint density at radius 1 is 1.13 bits per heavy atom. The van der Waals surface area contributed by atoms with Crippen molar-refractivity contribution in [3.8, 4) is 23.1 Å². The molecule has 0 bridgehead atoms. The Morgan fingerprint density at radius 2 is 1.93 bits per heavy atom. The zero-order chi connectivity index (χ0) is 21.7. The topological polar surface area (TPSA) is 132 Å². The summed E-state index contributed by atoms with van der Waals surface area (Å²) in [6.07, 6.45) is 1.83. The quantitative estimate of drug-likeness (QED) is 0.606. The number of nitrogens with two attached hydrogens (primary N) is 2. The summed E-state index contributed by atoms with van der Waals surface area (Å²) in [5, 5.41) is 9.47. The Morgan fingerprint density at radius 3 is 2.57 bits per heavy atom. The van der Waals surface area contributed by atoms with Crippen LogP contribution in [0, 0.1) is 11.3 Å². The van der Waals surface area contributed by atoms with Crippen LogP contribution in [-0.2, 0) is 11.2 Å². The average molecular weight is 421 g/mol. The molecule has 0 unspecified atom stereocenters. The van der Waals surface area contributed by atoms with E-state index in [4.69, 9.17) is 33.1 Å². The molecule has 0 aliphatic carbocycles. The van der Waals surface area contributed by atoms with E-state index in [1.807, 2.05) is 12.1 Å². The van der Waals surface area contributed by atoms with Gasteiger partial charge in [-0.15, -0.1) is 0 Å². The molecule has 7 nitrogen and oxygen atoms in total. The number of hydrogen-bond donors (Lipinski definition) is 2. The highest BCUT2D eigenvalue weighted by Crippen LogP contribution is 2.32. The summed E-state index contributed by atoms with van der Waals surface area (Å²) in [5.41, 5.74) is 13.8. The lowest BCUT2D eigenvalue weighted by Gasteiger charge is -2.15. The first-order valence-corrected chi connectivity index (χ1v) is 9.24. The minimum atomic E-state index is -0.654. The zero-order valence-corrected chi connectivity index (χ0v) is 16.5. The number of benzene rings is 2. The molecule has 2 aromatic carbocycles. The molecule has 2 amide bonds. The molecule has 0 atom stereocenters. The van der Waals surface area contributed by atoms with Crippen molar-refractivity contribution < 1.29 is 14.3 Å². The van der Waals surface area contributed by atoms with E-state index in [1.54, 1.807) is 42.6 Å². The molecule has 0 saturated heterocycles. The third kappa shape index (κ3) is 4.74. The molecule has 0 spiro atoms. The van der Waals surface area contributed by atoms with Gasteiger partial charge in [0.1, 0.15) is 5.75 Å². The van der Waals surface area contributed by atoms with Crippen LogP contribution in [0.25, 0.3) is 11.3 Å². The van der Waals surface area contributed by atoms with E-state index in [9.17, 15) is 9.59 Å². The van der Waals surface area contributed by atoms with Crippen LogP contribution in [0.15, 0.2) is 54.7 Å². The molecule has 1 aromatic heterocycles. The van der Waals surface area contributed by atoms with Crippen LogP contribution in [0.5, 0.6) is 5.75 Å². The standard InChI is InChI=1S/C22H17ClN4O3/c23-18-10-15(19-3-1-2-6-27-19)9-17(22(26)29)16(18)8-14-5-4-13(11-24)7-20(14)30-12-21(25)28/h1-7,9-10H,8,12H2,(H2,25,28)(H2,26,29). The van der Waals surface area contributed by atoms with Gasteiger partial charge in [0.2, 0.25) is 5.91 Å². The second-order valence-corrected chi connectivity index (χ2v) is 6.84. The van der Waals surface area contributed by atoms with Gasteiger partial charge < -0.3 is 16.2 Å². The van der Waals surface area contributed by atoms with Gasteiger partial charge in [-0.3, -0.25) is 14.6 Å². The SMILES string of the molecule is N#Cc1ccc(Cc2c(Cl)cc(-c3ccccn3)cc2C(N)=O)c(OCC(N)=O)c1. The van der Waals surface area contributed by atoms with Gasteiger partial charge in [0.15, 0.2) is 6.61 Å². The summed E-state index contributed by atoms with van der Waals surface area (Å²) < 4.78 is 5.45. The van der Waals surface area contributed by atoms with Gasteiger partial charge in [-0.25, -0.2) is 0 Å². The van der Waals surface area contributed by atoms with Crippen LogP contribution in [0.4, 0.5) is 0 Å². The smallest absolute Gasteiger partial charge is 0.255 e. The second kappa shape index (κ2) is 9.07. The Bertz CT molecular complexity index is 1160. The summed E-state index contributed by atoms with van der Waals surface area (Å²) >= 11 is 6.51. The molecule has 3 aromatic rings. The Hall–Kier alpha value is -3.89. The van der Waals surface area contributed by atoms with Crippen molar-refractivity contribution in [1.82, 2.24) is 4.98 Å². The molecule has 0 radical (unpaired) electrons. The number of aromatic nitrogens is 1. The van der Waals surface area contributed by atoms with E-state index in [0.29, 0.717) is 38.7 Å². The molecule has 150 valence electrons. The number of carbonyl (C=O) groups is 2. The van der Waals surface area contributed by atoms with Crippen LogP contribution in [0.2, 0.25) is 5.02 Å². The molecule has 3 rings (SSSR count). The van der Waals surface area contributed by atoms with Gasteiger partial charge in [0, 0.05) is 28.8 Å². The van der Waals surface area contributed by atoms with Gasteiger partial charge in [-0.1, -0.05) is 23.7 Å². The fraction of sp³-hybridized carbons (Fsp3) is 0.0909. The predicted molar refractivity (Wildman–Crippen MR) is 112 cm³/mol. The van der Waals surface area contributed by atoms with Gasteiger partial charge in [0.25, 0.3) is 5.91 Å². The molecule has 8 heteroatoms. The van der Waals surface area contributed by atoms with Crippen LogP contribution < -0.4 is 16.2 Å². The minimum absolute atomic E-state index is 0.194.